The first-order valence-corrected chi connectivity index (χ1v) is 9.79. The van der Waals surface area contributed by atoms with Crippen LogP contribution in [0.15, 0.2) is 30.3 Å². The average molecular weight is 434 g/mol. The van der Waals surface area contributed by atoms with Crippen molar-refractivity contribution in [3.63, 3.8) is 0 Å². The van der Waals surface area contributed by atoms with Gasteiger partial charge in [-0.1, -0.05) is 58.0 Å². The molecule has 162 valence electrons. The van der Waals surface area contributed by atoms with Crippen LogP contribution >= 0.6 is 24.8 Å². The summed E-state index contributed by atoms with van der Waals surface area (Å²) in [5.41, 5.74) is 6.47. The van der Waals surface area contributed by atoms with E-state index in [0.29, 0.717) is 19.6 Å². The highest BCUT2D eigenvalue weighted by Crippen LogP contribution is 2.49. The van der Waals surface area contributed by atoms with E-state index in [1.807, 2.05) is 39.0 Å². The minimum Gasteiger partial charge on any atom is -0.378 e. The van der Waals surface area contributed by atoms with Crippen molar-refractivity contribution in [1.82, 2.24) is 10.2 Å². The molecule has 1 saturated carbocycles. The summed E-state index contributed by atoms with van der Waals surface area (Å²) in [6.45, 7) is 13.4. The Balaban J connectivity index is 0.00000364. The van der Waals surface area contributed by atoms with Gasteiger partial charge in [-0.25, -0.2) is 0 Å². The molecule has 7 heteroatoms. The number of hydrogen-bond acceptors (Lipinski definition) is 4. The molecule has 0 heterocycles. The number of carbonyl (C=O) groups excluding carboxylic acids is 1. The van der Waals surface area contributed by atoms with Crippen molar-refractivity contribution in [1.29, 1.82) is 0 Å². The quantitative estimate of drug-likeness (QED) is 0.624. The first kappa shape index (κ1) is 27.1. The predicted octanol–water partition coefficient (Wildman–Crippen LogP) is 3.56. The normalized spacial score (nSPS) is 23.8. The van der Waals surface area contributed by atoms with E-state index in [2.05, 4.69) is 36.2 Å². The lowest BCUT2D eigenvalue weighted by molar-refractivity contribution is -0.170. The Kier molecular flexibility index (Phi) is 11.0. The molecule has 28 heavy (non-hydrogen) atoms. The van der Waals surface area contributed by atoms with Crippen LogP contribution in [0.1, 0.15) is 52.6 Å². The molecule has 1 aliphatic rings. The molecular weight excluding hydrogens is 397 g/mol. The highest BCUT2D eigenvalue weighted by molar-refractivity contribution is 5.88. The smallest absolute Gasteiger partial charge is 0.240 e. The Bertz CT molecular complexity index is 597. The monoisotopic (exact) mass is 433 g/mol. The van der Waals surface area contributed by atoms with Gasteiger partial charge in [-0.15, -0.1) is 24.8 Å². The third kappa shape index (κ3) is 5.19. The molecule has 0 radical (unpaired) electrons. The number of hydrogen-bond donors (Lipinski definition) is 2. The number of amides is 1. The van der Waals surface area contributed by atoms with Gasteiger partial charge in [0.2, 0.25) is 5.91 Å². The molecular formula is C21H37Cl2N3O2. The van der Waals surface area contributed by atoms with Crippen molar-refractivity contribution in [2.45, 2.75) is 58.7 Å². The molecule has 1 fully saturated rings. The summed E-state index contributed by atoms with van der Waals surface area (Å²) >= 11 is 0. The van der Waals surface area contributed by atoms with Crippen molar-refractivity contribution >= 4 is 30.7 Å². The fraction of sp³-hybridized carbons (Fsp3) is 0.667. The molecule has 1 aromatic carbocycles. The third-order valence-electron chi connectivity index (χ3n) is 6.13. The topological polar surface area (TPSA) is 67.6 Å². The van der Waals surface area contributed by atoms with Crippen LogP contribution in [0.2, 0.25) is 0 Å². The lowest BCUT2D eigenvalue weighted by Crippen LogP contribution is -2.76. The van der Waals surface area contributed by atoms with Gasteiger partial charge < -0.3 is 15.8 Å². The van der Waals surface area contributed by atoms with E-state index in [-0.39, 0.29) is 48.3 Å². The summed E-state index contributed by atoms with van der Waals surface area (Å²) in [5, 5.41) is 3.13. The van der Waals surface area contributed by atoms with Crippen LogP contribution < -0.4 is 11.1 Å². The number of nitrogens with zero attached hydrogens (tertiary/aromatic N) is 1. The number of ether oxygens (including phenoxy) is 1. The van der Waals surface area contributed by atoms with Crippen LogP contribution in [0.25, 0.3) is 0 Å². The molecule has 3 N–H and O–H groups in total. The van der Waals surface area contributed by atoms with Gasteiger partial charge in [-0.2, -0.15) is 0 Å². The highest BCUT2D eigenvalue weighted by Gasteiger charge is 2.62. The third-order valence-corrected chi connectivity index (χ3v) is 6.13. The molecule has 0 aromatic heterocycles. The number of nitrogens with two attached hydrogens (primary N) is 1. The highest BCUT2D eigenvalue weighted by atomic mass is 35.5. The Labute approximate surface area is 182 Å². The molecule has 3 atom stereocenters. The molecule has 1 aromatic rings. The molecule has 2 rings (SSSR count). The summed E-state index contributed by atoms with van der Waals surface area (Å²) in [7, 11) is 0. The molecule has 0 bridgehead atoms. The molecule has 3 unspecified atom stereocenters. The maximum Gasteiger partial charge on any atom is 0.240 e. The second-order valence-electron chi connectivity index (χ2n) is 7.70. The molecule has 1 amide bonds. The fourth-order valence-electron chi connectivity index (χ4n) is 3.97. The summed E-state index contributed by atoms with van der Waals surface area (Å²) in [6.07, 6.45) is 0.608. The van der Waals surface area contributed by atoms with Crippen LogP contribution in [0, 0.1) is 5.41 Å². The number of carbonyl (C=O) groups is 1. The van der Waals surface area contributed by atoms with Gasteiger partial charge in [0.25, 0.3) is 0 Å². The lowest BCUT2D eigenvalue weighted by atomic mass is 9.54. The molecule has 0 aliphatic heterocycles. The zero-order valence-corrected chi connectivity index (χ0v) is 19.4. The number of halogens is 2. The molecule has 1 aliphatic carbocycles. The summed E-state index contributed by atoms with van der Waals surface area (Å²) in [6, 6.07) is 10.5. The van der Waals surface area contributed by atoms with Gasteiger partial charge in [-0.3, -0.25) is 9.69 Å². The van der Waals surface area contributed by atoms with Gasteiger partial charge >= 0.3 is 0 Å². The largest absolute Gasteiger partial charge is 0.378 e. The second kappa shape index (κ2) is 11.4. The minimum atomic E-state index is -0.878. The Morgan fingerprint density at radius 1 is 1.21 bits per heavy atom. The zero-order valence-electron chi connectivity index (χ0n) is 17.7. The molecule has 0 saturated heterocycles. The van der Waals surface area contributed by atoms with E-state index in [1.165, 1.54) is 5.56 Å². The van der Waals surface area contributed by atoms with Crippen molar-refractivity contribution in [3.8, 4) is 0 Å². The van der Waals surface area contributed by atoms with Gasteiger partial charge in [0.1, 0.15) is 5.54 Å². The van der Waals surface area contributed by atoms with Crippen LogP contribution in [0.4, 0.5) is 0 Å². The second-order valence-corrected chi connectivity index (χ2v) is 7.70. The van der Waals surface area contributed by atoms with E-state index in [1.54, 1.807) is 0 Å². The van der Waals surface area contributed by atoms with Crippen LogP contribution in [0.3, 0.4) is 0 Å². The Hall–Kier alpha value is -0.850. The minimum absolute atomic E-state index is 0. The standard InChI is InChI=1S/C21H35N3O2.2ClH/c1-6-24(7-2)17(16-12-10-9-11-13-16)15-23-19(25)21(22)14-18(26-8-3)20(21,4)5;;/h9-13,17-18H,6-8,14-15,22H2,1-5H3,(H,23,25);2*1H. The van der Waals surface area contributed by atoms with Gasteiger partial charge in [0.05, 0.1) is 12.1 Å². The molecule has 5 nitrogen and oxygen atoms in total. The fourth-order valence-corrected chi connectivity index (χ4v) is 3.97. The van der Waals surface area contributed by atoms with Gasteiger partial charge in [0, 0.05) is 25.0 Å². The van der Waals surface area contributed by atoms with E-state index < -0.39 is 5.54 Å². The van der Waals surface area contributed by atoms with E-state index in [4.69, 9.17) is 10.5 Å². The summed E-state index contributed by atoms with van der Waals surface area (Å²) in [5.74, 6) is -0.0773. The summed E-state index contributed by atoms with van der Waals surface area (Å²) < 4.78 is 5.74. The van der Waals surface area contributed by atoms with Crippen molar-refractivity contribution in [2.24, 2.45) is 11.1 Å². The first-order valence-electron chi connectivity index (χ1n) is 9.79. The van der Waals surface area contributed by atoms with Crippen molar-refractivity contribution < 1.29 is 9.53 Å². The maximum atomic E-state index is 12.9. The average Bonchev–Trinajstić information content (AvgIpc) is 2.65. The number of likely N-dealkylation sites (N-methyl/N-ethyl adjacent to an activating group) is 1. The van der Waals surface area contributed by atoms with Crippen molar-refractivity contribution in [2.75, 3.05) is 26.2 Å². The zero-order chi connectivity index (χ0) is 19.4. The van der Waals surface area contributed by atoms with Gasteiger partial charge in [-0.05, 0) is 25.6 Å². The number of nitrogens with one attached hydrogen (secondary N) is 1. The van der Waals surface area contributed by atoms with Crippen molar-refractivity contribution in [3.05, 3.63) is 35.9 Å². The Morgan fingerprint density at radius 2 is 1.79 bits per heavy atom. The van der Waals surface area contributed by atoms with E-state index in [0.717, 1.165) is 13.1 Å². The number of rotatable bonds is 9. The Morgan fingerprint density at radius 3 is 2.25 bits per heavy atom. The first-order chi connectivity index (χ1) is 12.3. The number of benzene rings is 1. The van der Waals surface area contributed by atoms with Crippen LogP contribution in [0.5, 0.6) is 0 Å². The molecule has 0 spiro atoms. The van der Waals surface area contributed by atoms with Gasteiger partial charge in [0.15, 0.2) is 0 Å². The lowest BCUT2D eigenvalue weighted by Gasteiger charge is -2.57. The predicted molar refractivity (Wildman–Crippen MR) is 120 cm³/mol. The maximum absolute atomic E-state index is 12.9. The van der Waals surface area contributed by atoms with E-state index in [9.17, 15) is 4.79 Å². The summed E-state index contributed by atoms with van der Waals surface area (Å²) in [4.78, 5) is 15.3. The van der Waals surface area contributed by atoms with E-state index >= 15 is 0 Å². The van der Waals surface area contributed by atoms with Crippen LogP contribution in [-0.2, 0) is 9.53 Å². The van der Waals surface area contributed by atoms with Crippen LogP contribution in [-0.4, -0.2) is 48.7 Å². The SMILES string of the molecule is CCOC1CC(N)(C(=O)NCC(c2ccccc2)N(CC)CC)C1(C)C.Cl.Cl.